The van der Waals surface area contributed by atoms with Crippen molar-refractivity contribution in [2.75, 3.05) is 7.05 Å². The summed E-state index contributed by atoms with van der Waals surface area (Å²) in [6, 6.07) is 52.7. The highest BCUT2D eigenvalue weighted by molar-refractivity contribution is 7.21. The van der Waals surface area contributed by atoms with Crippen molar-refractivity contribution in [3.05, 3.63) is 156 Å². The quantitative estimate of drug-likeness (QED) is 0.152. The molecule has 0 aliphatic heterocycles. The van der Waals surface area contributed by atoms with Crippen LogP contribution in [0.15, 0.2) is 151 Å². The number of benzene rings is 7. The summed E-state index contributed by atoms with van der Waals surface area (Å²) in [5, 5.41) is 9.07. The Morgan fingerprint density at radius 3 is 1.60 bits per heavy atom. The molecule has 0 aliphatic carbocycles. The Labute approximate surface area is 249 Å². The van der Waals surface area contributed by atoms with Crippen LogP contribution in [-0.2, 0) is 0 Å². The van der Waals surface area contributed by atoms with Crippen LogP contribution in [0.5, 0.6) is 0 Å². The zero-order valence-electron chi connectivity index (χ0n) is 23.2. The number of aliphatic imine (C=N–C) groups is 1. The van der Waals surface area contributed by atoms with E-state index in [0.717, 1.165) is 11.3 Å². The van der Waals surface area contributed by atoms with Gasteiger partial charge in [-0.3, -0.25) is 4.99 Å². The lowest BCUT2D eigenvalue weighted by Crippen LogP contribution is -2.02. The molecule has 0 saturated carbocycles. The maximum atomic E-state index is 4.78. The van der Waals surface area contributed by atoms with Gasteiger partial charge in [0.15, 0.2) is 0 Å². The van der Waals surface area contributed by atoms with E-state index in [1.165, 1.54) is 69.5 Å². The third-order valence-electron chi connectivity index (χ3n) is 8.33. The number of hydrogen-bond acceptors (Lipinski definition) is 2. The van der Waals surface area contributed by atoms with Crippen molar-refractivity contribution in [2.24, 2.45) is 4.99 Å². The lowest BCUT2D eigenvalue weighted by Gasteiger charge is -2.13. The summed E-state index contributed by atoms with van der Waals surface area (Å²) in [6.07, 6.45) is 0. The molecule has 42 heavy (non-hydrogen) atoms. The lowest BCUT2D eigenvalue weighted by atomic mass is 9.91. The minimum atomic E-state index is 1.03. The van der Waals surface area contributed by atoms with Crippen molar-refractivity contribution in [3.8, 4) is 22.3 Å². The predicted octanol–water partition coefficient (Wildman–Crippen LogP) is 11.2. The highest BCUT2D eigenvalue weighted by atomic mass is 32.1. The summed E-state index contributed by atoms with van der Waals surface area (Å²) in [6.45, 7) is 0. The molecule has 1 heterocycles. The number of rotatable bonds is 4. The van der Waals surface area contributed by atoms with E-state index in [1.54, 1.807) is 0 Å². The van der Waals surface area contributed by atoms with Crippen LogP contribution in [0.25, 0.3) is 64.7 Å². The van der Waals surface area contributed by atoms with Gasteiger partial charge in [0.05, 0.1) is 10.6 Å². The standard InChI is InChI=1S/C40H27NS/c1-41-39(28-11-3-2-4-12-28)40-38(35-17-9-10-18-37(35)42-40)27-21-19-26(20-22-27)29-23-24-34-32-15-6-5-13-30(32)31-14-7-8-16-33(31)36(34)25-29/h2-25H,1H3. The number of thiophene rings is 1. The van der Waals surface area contributed by atoms with Crippen LogP contribution in [0, 0.1) is 0 Å². The average Bonchev–Trinajstić information content (AvgIpc) is 3.45. The maximum Gasteiger partial charge on any atom is 0.0821 e. The fourth-order valence-corrected chi connectivity index (χ4v) is 7.66. The van der Waals surface area contributed by atoms with Crippen molar-refractivity contribution in [2.45, 2.75) is 0 Å². The van der Waals surface area contributed by atoms with Crippen molar-refractivity contribution in [1.82, 2.24) is 0 Å². The molecular weight excluding hydrogens is 527 g/mol. The Bertz CT molecular complexity index is 2250. The van der Waals surface area contributed by atoms with Gasteiger partial charge in [0.2, 0.25) is 0 Å². The van der Waals surface area contributed by atoms with Gasteiger partial charge in [0.1, 0.15) is 0 Å². The van der Waals surface area contributed by atoms with Crippen molar-refractivity contribution >= 4 is 59.5 Å². The Morgan fingerprint density at radius 1 is 0.452 bits per heavy atom. The number of fused-ring (bicyclic) bond motifs is 7. The van der Waals surface area contributed by atoms with Crippen LogP contribution in [0.3, 0.4) is 0 Å². The summed E-state index contributed by atoms with van der Waals surface area (Å²) in [5.41, 5.74) is 7.07. The molecule has 0 spiro atoms. The van der Waals surface area contributed by atoms with Crippen LogP contribution < -0.4 is 0 Å². The van der Waals surface area contributed by atoms with Gasteiger partial charge in [-0.05, 0) is 61.1 Å². The third-order valence-corrected chi connectivity index (χ3v) is 9.51. The normalized spacial score (nSPS) is 12.1. The van der Waals surface area contributed by atoms with Gasteiger partial charge in [-0.15, -0.1) is 11.3 Å². The van der Waals surface area contributed by atoms with E-state index in [0.29, 0.717) is 0 Å². The van der Waals surface area contributed by atoms with E-state index in [1.807, 2.05) is 18.4 Å². The molecule has 0 N–H and O–H groups in total. The van der Waals surface area contributed by atoms with Gasteiger partial charge < -0.3 is 0 Å². The molecule has 7 aromatic carbocycles. The summed E-state index contributed by atoms with van der Waals surface area (Å²) in [5.74, 6) is 0. The van der Waals surface area contributed by atoms with E-state index in [-0.39, 0.29) is 0 Å². The third kappa shape index (κ3) is 3.95. The van der Waals surface area contributed by atoms with Crippen LogP contribution in [-0.4, -0.2) is 12.8 Å². The van der Waals surface area contributed by atoms with Crippen LogP contribution in [0.4, 0.5) is 0 Å². The number of hydrogen-bond donors (Lipinski definition) is 0. The first-order valence-electron chi connectivity index (χ1n) is 14.3. The largest absolute Gasteiger partial charge is 0.287 e. The molecule has 8 aromatic rings. The van der Waals surface area contributed by atoms with Crippen molar-refractivity contribution in [3.63, 3.8) is 0 Å². The van der Waals surface area contributed by atoms with Gasteiger partial charge in [0, 0.05) is 28.3 Å². The van der Waals surface area contributed by atoms with Gasteiger partial charge in [-0.1, -0.05) is 133 Å². The lowest BCUT2D eigenvalue weighted by molar-refractivity contribution is 1.43. The first-order chi connectivity index (χ1) is 20.8. The van der Waals surface area contributed by atoms with E-state index in [2.05, 4.69) is 146 Å². The predicted molar refractivity (Wildman–Crippen MR) is 183 cm³/mol. The Hall–Kier alpha value is -5.05. The van der Waals surface area contributed by atoms with Gasteiger partial charge in [-0.2, -0.15) is 0 Å². The first-order valence-corrected chi connectivity index (χ1v) is 15.1. The molecular formula is C40H27NS. The summed E-state index contributed by atoms with van der Waals surface area (Å²) < 4.78 is 1.28. The molecule has 8 rings (SSSR count). The molecule has 0 aliphatic rings. The molecule has 0 radical (unpaired) electrons. The molecule has 0 amide bonds. The highest BCUT2D eigenvalue weighted by Crippen LogP contribution is 2.41. The highest BCUT2D eigenvalue weighted by Gasteiger charge is 2.19. The molecule has 0 fully saturated rings. The van der Waals surface area contributed by atoms with Gasteiger partial charge in [-0.25, -0.2) is 0 Å². The minimum Gasteiger partial charge on any atom is -0.287 e. The number of nitrogens with zero attached hydrogens (tertiary/aromatic N) is 1. The Balaban J connectivity index is 1.27. The Kier molecular flexibility index (Phi) is 5.94. The zero-order valence-corrected chi connectivity index (χ0v) is 24.0. The minimum absolute atomic E-state index is 1.03. The molecule has 2 heteroatoms. The van der Waals surface area contributed by atoms with Crippen LogP contribution in [0.2, 0.25) is 0 Å². The van der Waals surface area contributed by atoms with E-state index in [4.69, 9.17) is 4.99 Å². The van der Waals surface area contributed by atoms with E-state index in [9.17, 15) is 0 Å². The monoisotopic (exact) mass is 553 g/mol. The second kappa shape index (κ2) is 10.1. The molecule has 0 unspecified atom stereocenters. The summed E-state index contributed by atoms with van der Waals surface area (Å²) in [4.78, 5) is 5.99. The fraction of sp³-hybridized carbons (Fsp3) is 0.0250. The first kappa shape index (κ1) is 24.7. The fourth-order valence-electron chi connectivity index (χ4n) is 6.37. The topological polar surface area (TPSA) is 12.4 Å². The summed E-state index contributed by atoms with van der Waals surface area (Å²) >= 11 is 1.82. The average molecular weight is 554 g/mol. The second-order valence-corrected chi connectivity index (χ2v) is 11.7. The summed E-state index contributed by atoms with van der Waals surface area (Å²) in [7, 11) is 1.90. The van der Waals surface area contributed by atoms with Gasteiger partial charge in [0.25, 0.3) is 0 Å². The van der Waals surface area contributed by atoms with Crippen LogP contribution in [0.1, 0.15) is 10.4 Å². The molecule has 0 bridgehead atoms. The van der Waals surface area contributed by atoms with Crippen molar-refractivity contribution in [1.29, 1.82) is 0 Å². The molecule has 0 saturated heterocycles. The molecule has 1 aromatic heterocycles. The molecule has 0 atom stereocenters. The zero-order chi connectivity index (χ0) is 28.0. The second-order valence-electron chi connectivity index (χ2n) is 10.7. The maximum absolute atomic E-state index is 4.78. The SMILES string of the molecule is CN=C(c1ccccc1)c1sc2ccccc2c1-c1ccc(-c2ccc3c4ccccc4c4ccccc4c3c2)cc1. The smallest absolute Gasteiger partial charge is 0.0821 e. The van der Waals surface area contributed by atoms with E-state index < -0.39 is 0 Å². The molecule has 198 valence electrons. The van der Waals surface area contributed by atoms with E-state index >= 15 is 0 Å². The van der Waals surface area contributed by atoms with Gasteiger partial charge >= 0.3 is 0 Å². The van der Waals surface area contributed by atoms with Crippen molar-refractivity contribution < 1.29 is 0 Å². The van der Waals surface area contributed by atoms with Crippen LogP contribution >= 0.6 is 11.3 Å². The Morgan fingerprint density at radius 2 is 0.952 bits per heavy atom. The molecule has 1 nitrogen and oxygen atoms in total.